The molecule has 0 aliphatic heterocycles. The van der Waals surface area contributed by atoms with Crippen molar-refractivity contribution in [1.29, 1.82) is 0 Å². The second kappa shape index (κ2) is 11.2. The van der Waals surface area contributed by atoms with Gasteiger partial charge in [-0.1, -0.05) is 23.9 Å². The lowest BCUT2D eigenvalue weighted by Gasteiger charge is -2.10. The van der Waals surface area contributed by atoms with Crippen molar-refractivity contribution in [2.24, 2.45) is 0 Å². The van der Waals surface area contributed by atoms with Gasteiger partial charge in [-0.15, -0.1) is 0 Å². The minimum Gasteiger partial charge on any atom is -0.385 e. The molecule has 0 bridgehead atoms. The molecule has 0 saturated carbocycles. The largest absolute Gasteiger partial charge is 0.385 e. The summed E-state index contributed by atoms with van der Waals surface area (Å²) in [5.41, 5.74) is 3.75. The maximum atomic E-state index is 13.6. The van der Waals surface area contributed by atoms with Gasteiger partial charge in [0.05, 0.1) is 23.8 Å². The Kier molecular flexibility index (Phi) is 7.87. The lowest BCUT2D eigenvalue weighted by molar-refractivity contribution is 0.0948. The van der Waals surface area contributed by atoms with Crippen LogP contribution >= 0.6 is 11.8 Å². The van der Waals surface area contributed by atoms with Gasteiger partial charge in [-0.25, -0.2) is 13.8 Å². The van der Waals surface area contributed by atoms with Crippen LogP contribution in [0.2, 0.25) is 0 Å². The number of nitrogens with zero attached hydrogens (tertiary/aromatic N) is 3. The lowest BCUT2D eigenvalue weighted by Crippen LogP contribution is -2.25. The highest BCUT2D eigenvalue weighted by molar-refractivity contribution is 7.98. The molecule has 0 unspecified atom stereocenters. The summed E-state index contributed by atoms with van der Waals surface area (Å²) < 4.78 is 34.1. The van der Waals surface area contributed by atoms with Gasteiger partial charge in [0.2, 0.25) is 0 Å². The SMILES string of the molecule is COCCCNC(=O)c1ccc(Cn2c(SCc3cc(F)cc(F)c3)nc3ccncc32)cc1. The van der Waals surface area contributed by atoms with Crippen LogP contribution in [0.5, 0.6) is 0 Å². The third-order valence-electron chi connectivity index (χ3n) is 5.17. The van der Waals surface area contributed by atoms with E-state index in [4.69, 9.17) is 4.74 Å². The van der Waals surface area contributed by atoms with Gasteiger partial charge in [-0.05, 0) is 47.9 Å². The molecule has 2 heterocycles. The van der Waals surface area contributed by atoms with Crippen LogP contribution in [0.4, 0.5) is 8.78 Å². The van der Waals surface area contributed by atoms with Crippen molar-refractivity contribution >= 4 is 28.7 Å². The minimum atomic E-state index is -0.601. The number of fused-ring (bicyclic) bond motifs is 1. The van der Waals surface area contributed by atoms with Crippen LogP contribution in [0.25, 0.3) is 11.0 Å². The van der Waals surface area contributed by atoms with Crippen molar-refractivity contribution in [2.45, 2.75) is 23.9 Å². The number of hydrogen-bond donors (Lipinski definition) is 1. The Labute approximate surface area is 200 Å². The number of carbonyl (C=O) groups is 1. The van der Waals surface area contributed by atoms with Crippen LogP contribution in [-0.4, -0.2) is 40.7 Å². The summed E-state index contributed by atoms with van der Waals surface area (Å²) in [6.45, 7) is 1.66. The van der Waals surface area contributed by atoms with E-state index in [0.29, 0.717) is 41.7 Å². The van der Waals surface area contributed by atoms with Gasteiger partial charge in [-0.2, -0.15) is 0 Å². The zero-order valence-corrected chi connectivity index (χ0v) is 19.4. The van der Waals surface area contributed by atoms with E-state index in [1.54, 1.807) is 31.6 Å². The summed E-state index contributed by atoms with van der Waals surface area (Å²) >= 11 is 1.40. The number of methoxy groups -OCH3 is 1. The summed E-state index contributed by atoms with van der Waals surface area (Å²) in [4.78, 5) is 21.2. The monoisotopic (exact) mass is 482 g/mol. The van der Waals surface area contributed by atoms with Crippen molar-refractivity contribution in [3.63, 3.8) is 0 Å². The van der Waals surface area contributed by atoms with Crippen molar-refractivity contribution in [1.82, 2.24) is 19.9 Å². The van der Waals surface area contributed by atoms with Gasteiger partial charge >= 0.3 is 0 Å². The highest BCUT2D eigenvalue weighted by atomic mass is 32.2. The Hall–Kier alpha value is -3.30. The Morgan fingerprint density at radius 1 is 1.09 bits per heavy atom. The van der Waals surface area contributed by atoms with Crippen LogP contribution in [0.15, 0.2) is 66.1 Å². The van der Waals surface area contributed by atoms with Crippen molar-refractivity contribution in [2.75, 3.05) is 20.3 Å². The summed E-state index contributed by atoms with van der Waals surface area (Å²) in [6.07, 6.45) is 4.18. The van der Waals surface area contributed by atoms with Gasteiger partial charge in [0.25, 0.3) is 5.91 Å². The number of thioether (sulfide) groups is 1. The second-order valence-corrected chi connectivity index (χ2v) is 8.65. The number of imidazole rings is 1. The van der Waals surface area contributed by atoms with Gasteiger partial charge in [-0.3, -0.25) is 9.78 Å². The normalized spacial score (nSPS) is 11.1. The predicted molar refractivity (Wildman–Crippen MR) is 128 cm³/mol. The zero-order chi connectivity index (χ0) is 23.9. The van der Waals surface area contributed by atoms with E-state index in [1.807, 2.05) is 22.8 Å². The van der Waals surface area contributed by atoms with Crippen LogP contribution in [0.3, 0.4) is 0 Å². The average Bonchev–Trinajstić information content (AvgIpc) is 3.17. The molecule has 2 aromatic heterocycles. The van der Waals surface area contributed by atoms with Crippen LogP contribution in [-0.2, 0) is 17.0 Å². The molecule has 4 rings (SSSR count). The topological polar surface area (TPSA) is 69.0 Å². The van der Waals surface area contributed by atoms with Crippen molar-refractivity contribution < 1.29 is 18.3 Å². The molecule has 0 saturated heterocycles. The minimum absolute atomic E-state index is 0.126. The molecule has 176 valence electrons. The Bertz CT molecular complexity index is 1260. The average molecular weight is 483 g/mol. The lowest BCUT2D eigenvalue weighted by atomic mass is 10.1. The molecule has 1 amide bonds. The number of nitrogens with one attached hydrogen (secondary N) is 1. The van der Waals surface area contributed by atoms with E-state index >= 15 is 0 Å². The molecule has 0 aliphatic rings. The molecule has 6 nitrogen and oxygen atoms in total. The molecule has 4 aromatic rings. The fourth-order valence-electron chi connectivity index (χ4n) is 3.52. The number of hydrogen-bond acceptors (Lipinski definition) is 5. The number of amides is 1. The fourth-order valence-corrected chi connectivity index (χ4v) is 4.46. The third-order valence-corrected chi connectivity index (χ3v) is 6.22. The van der Waals surface area contributed by atoms with E-state index in [9.17, 15) is 13.6 Å². The molecular formula is C25H24F2N4O2S. The van der Waals surface area contributed by atoms with Crippen molar-refractivity contribution in [3.05, 3.63) is 89.2 Å². The molecule has 0 aliphatic carbocycles. The molecule has 9 heteroatoms. The fraction of sp³-hybridized carbons (Fsp3) is 0.240. The smallest absolute Gasteiger partial charge is 0.251 e. The van der Waals surface area contributed by atoms with E-state index < -0.39 is 11.6 Å². The highest BCUT2D eigenvalue weighted by Gasteiger charge is 2.13. The molecule has 1 N–H and O–H groups in total. The molecule has 0 radical (unpaired) electrons. The summed E-state index contributed by atoms with van der Waals surface area (Å²) in [7, 11) is 1.63. The Morgan fingerprint density at radius 3 is 2.59 bits per heavy atom. The highest BCUT2D eigenvalue weighted by Crippen LogP contribution is 2.28. The van der Waals surface area contributed by atoms with E-state index in [-0.39, 0.29) is 5.91 Å². The standard InChI is InChI=1S/C25H24F2N4O2S/c1-33-10-2-8-29-24(32)19-5-3-17(4-6-19)15-31-23-14-28-9-7-22(23)30-25(31)34-16-18-11-20(26)13-21(27)12-18/h3-7,9,11-14H,2,8,10,15-16H2,1H3,(H,29,32). The van der Waals surface area contributed by atoms with E-state index in [0.717, 1.165) is 29.1 Å². The summed E-state index contributed by atoms with van der Waals surface area (Å²) in [5.74, 6) is -0.959. The first kappa shape index (κ1) is 23.8. The van der Waals surface area contributed by atoms with Gasteiger partial charge in [0.15, 0.2) is 5.16 Å². The Balaban J connectivity index is 1.50. The number of rotatable bonds is 10. The molecule has 0 fully saturated rings. The summed E-state index contributed by atoms with van der Waals surface area (Å²) in [5, 5.41) is 3.59. The molecule has 34 heavy (non-hydrogen) atoms. The molecular weight excluding hydrogens is 458 g/mol. The van der Waals surface area contributed by atoms with Gasteiger partial charge in [0.1, 0.15) is 11.6 Å². The first-order valence-corrected chi connectivity index (χ1v) is 11.8. The number of pyridine rings is 1. The number of aromatic nitrogens is 3. The maximum absolute atomic E-state index is 13.6. The quantitative estimate of drug-likeness (QED) is 0.259. The maximum Gasteiger partial charge on any atom is 0.251 e. The molecule has 0 spiro atoms. The van der Waals surface area contributed by atoms with Crippen LogP contribution in [0.1, 0.15) is 27.9 Å². The van der Waals surface area contributed by atoms with Crippen LogP contribution < -0.4 is 5.32 Å². The number of benzene rings is 2. The molecule has 2 aromatic carbocycles. The number of ether oxygens (including phenoxy) is 1. The summed E-state index contributed by atoms with van der Waals surface area (Å²) in [6, 6.07) is 12.7. The van der Waals surface area contributed by atoms with Gasteiger partial charge < -0.3 is 14.6 Å². The van der Waals surface area contributed by atoms with Crippen molar-refractivity contribution in [3.8, 4) is 0 Å². The first-order chi connectivity index (χ1) is 16.5. The number of carbonyl (C=O) groups excluding carboxylic acids is 1. The zero-order valence-electron chi connectivity index (χ0n) is 18.6. The number of halogens is 2. The van der Waals surface area contributed by atoms with Gasteiger partial charge in [0, 0.05) is 43.8 Å². The van der Waals surface area contributed by atoms with E-state index in [1.165, 1.54) is 23.9 Å². The Morgan fingerprint density at radius 2 is 1.85 bits per heavy atom. The second-order valence-electron chi connectivity index (χ2n) is 7.71. The predicted octanol–water partition coefficient (Wildman–Crippen LogP) is 4.82. The first-order valence-electron chi connectivity index (χ1n) is 10.8. The molecule has 0 atom stereocenters. The third kappa shape index (κ3) is 5.98. The van der Waals surface area contributed by atoms with Crippen LogP contribution in [0, 0.1) is 11.6 Å². The van der Waals surface area contributed by atoms with E-state index in [2.05, 4.69) is 15.3 Å².